The number of hydrogen-bond acceptors (Lipinski definition) is 6. The number of carbonyl (C=O) groups is 2. The van der Waals surface area contributed by atoms with Gasteiger partial charge in [0.25, 0.3) is 5.69 Å². The fourth-order valence-electron chi connectivity index (χ4n) is 6.29. The highest BCUT2D eigenvalue weighted by molar-refractivity contribution is 9.11. The van der Waals surface area contributed by atoms with E-state index in [9.17, 15) is 19.7 Å². The van der Waals surface area contributed by atoms with Gasteiger partial charge in [0.05, 0.1) is 9.40 Å². The molecule has 0 N–H and O–H groups in total. The normalized spacial score (nSPS) is 20.4. The van der Waals surface area contributed by atoms with Crippen LogP contribution in [0.2, 0.25) is 0 Å². The molecule has 0 bridgehead atoms. The van der Waals surface area contributed by atoms with Crippen molar-refractivity contribution in [3.8, 4) is 5.75 Å². The van der Waals surface area contributed by atoms with Gasteiger partial charge in [0.2, 0.25) is 0 Å². The number of rotatable bonds is 5. The van der Waals surface area contributed by atoms with Crippen LogP contribution in [0.15, 0.2) is 67.9 Å². The molecule has 0 aromatic heterocycles. The summed E-state index contributed by atoms with van der Waals surface area (Å²) in [5.74, 6) is 0.119. The van der Waals surface area contributed by atoms with Gasteiger partial charge in [-0.05, 0) is 69.4 Å². The lowest BCUT2D eigenvalue weighted by Gasteiger charge is -2.48. The Bertz CT molecular complexity index is 1450. The monoisotopic (exact) mass is 670 g/mol. The maximum atomic E-state index is 13.9. The third kappa shape index (κ3) is 5.30. The fourth-order valence-corrected chi connectivity index (χ4v) is 7.66. The first-order chi connectivity index (χ1) is 18.7. The molecule has 7 nitrogen and oxygen atoms in total. The molecule has 0 radical (unpaired) electrons. The third-order valence-corrected chi connectivity index (χ3v) is 9.11. The van der Waals surface area contributed by atoms with Gasteiger partial charge in [-0.1, -0.05) is 43.6 Å². The van der Waals surface area contributed by atoms with Gasteiger partial charge in [0.1, 0.15) is 12.4 Å². The number of Topliss-reactive ketones (excluding diaryl/α,β-unsaturated/α-hetero) is 2. The van der Waals surface area contributed by atoms with E-state index in [0.29, 0.717) is 34.2 Å². The van der Waals surface area contributed by atoms with Crippen molar-refractivity contribution in [2.75, 3.05) is 7.05 Å². The fraction of sp³-hybridized carbons (Fsp3) is 0.419. The van der Waals surface area contributed by atoms with Gasteiger partial charge in [-0.15, -0.1) is 0 Å². The number of nitro groups is 1. The second kappa shape index (κ2) is 10.2. The maximum absolute atomic E-state index is 13.9. The highest BCUT2D eigenvalue weighted by Gasteiger charge is 2.49. The van der Waals surface area contributed by atoms with E-state index in [1.165, 1.54) is 12.1 Å². The molecule has 0 saturated heterocycles. The minimum atomic E-state index is -0.547. The van der Waals surface area contributed by atoms with Gasteiger partial charge < -0.3 is 9.64 Å². The number of hydrogen-bond donors (Lipinski definition) is 0. The van der Waals surface area contributed by atoms with Crippen molar-refractivity contribution in [2.24, 2.45) is 10.8 Å². The molecule has 2 aromatic carbocycles. The lowest BCUT2D eigenvalue weighted by atomic mass is 9.63. The van der Waals surface area contributed by atoms with E-state index in [4.69, 9.17) is 4.74 Å². The summed E-state index contributed by atoms with van der Waals surface area (Å²) in [6.45, 7) is 8.63. The Morgan fingerprint density at radius 3 is 1.95 bits per heavy atom. The molecule has 0 fully saturated rings. The summed E-state index contributed by atoms with van der Waals surface area (Å²) < 4.78 is 7.87. The predicted octanol–water partition coefficient (Wildman–Crippen LogP) is 8.01. The van der Waals surface area contributed by atoms with Crippen molar-refractivity contribution in [1.82, 2.24) is 4.90 Å². The zero-order valence-corrected chi connectivity index (χ0v) is 26.4. The van der Waals surface area contributed by atoms with Gasteiger partial charge in [-0.2, -0.15) is 0 Å². The van der Waals surface area contributed by atoms with Gasteiger partial charge in [0, 0.05) is 70.5 Å². The smallest absolute Gasteiger partial charge is 0.269 e. The van der Waals surface area contributed by atoms with Crippen LogP contribution in [0, 0.1) is 20.9 Å². The highest BCUT2D eigenvalue weighted by Crippen LogP contribution is 2.56. The minimum absolute atomic E-state index is 0.0111. The van der Waals surface area contributed by atoms with Crippen molar-refractivity contribution < 1.29 is 19.2 Å². The zero-order valence-electron chi connectivity index (χ0n) is 23.3. The molecule has 2 aromatic rings. The lowest BCUT2D eigenvalue weighted by molar-refractivity contribution is -0.384. The molecule has 0 saturated carbocycles. The Labute approximate surface area is 251 Å². The first kappa shape index (κ1) is 28.7. The Morgan fingerprint density at radius 1 is 0.925 bits per heavy atom. The highest BCUT2D eigenvalue weighted by atomic mass is 79.9. The van der Waals surface area contributed by atoms with Crippen LogP contribution in [0.25, 0.3) is 0 Å². The molecule has 40 heavy (non-hydrogen) atoms. The number of ether oxygens (including phenoxy) is 1. The number of nitrogens with zero attached hydrogens (tertiary/aromatic N) is 2. The molecule has 0 unspecified atom stereocenters. The quantitative estimate of drug-likeness (QED) is 0.236. The molecule has 2 aliphatic carbocycles. The number of nitro benzene ring substituents is 1. The molecule has 0 spiro atoms. The van der Waals surface area contributed by atoms with Crippen LogP contribution in [-0.4, -0.2) is 28.4 Å². The molecule has 9 heteroatoms. The zero-order chi connectivity index (χ0) is 29.1. The van der Waals surface area contributed by atoms with E-state index in [1.54, 1.807) is 12.1 Å². The summed E-state index contributed by atoms with van der Waals surface area (Å²) in [6, 6.07) is 10.1. The van der Waals surface area contributed by atoms with E-state index in [-0.39, 0.29) is 34.7 Å². The second-order valence-electron chi connectivity index (χ2n) is 12.6. The van der Waals surface area contributed by atoms with Gasteiger partial charge >= 0.3 is 0 Å². The Kier molecular flexibility index (Phi) is 7.36. The second-order valence-corrected chi connectivity index (χ2v) is 14.4. The molecule has 0 atom stereocenters. The average molecular weight is 672 g/mol. The summed E-state index contributed by atoms with van der Waals surface area (Å²) in [6.07, 6.45) is 2.29. The Balaban J connectivity index is 1.66. The molecule has 1 heterocycles. The van der Waals surface area contributed by atoms with Crippen molar-refractivity contribution in [1.29, 1.82) is 0 Å². The summed E-state index contributed by atoms with van der Waals surface area (Å²) in [5.41, 5.74) is 4.47. The SMILES string of the molecule is CN1C2=C(C(=O)CC(C)(C)C2)C(c2cc(Br)cc(Br)c2OCc2ccc([N+](=O)[O-])cc2)C2=C1CC(C)(C)CC2=O. The standard InChI is InChI=1S/C31H32Br2N2O5/c1-30(2)12-22-27(24(36)14-30)26(28-23(34(22)5)13-31(3,4)15-25(28)37)20-10-18(32)11-21(33)29(20)40-16-17-6-8-19(9-7-17)35(38)39/h6-11,26H,12-16H2,1-5H3. The lowest BCUT2D eigenvalue weighted by Crippen LogP contribution is -2.43. The van der Waals surface area contributed by atoms with Crippen LogP contribution in [0.3, 0.4) is 0 Å². The third-order valence-electron chi connectivity index (χ3n) is 8.06. The van der Waals surface area contributed by atoms with E-state index in [2.05, 4.69) is 64.5 Å². The molecular weight excluding hydrogens is 640 g/mol. The van der Waals surface area contributed by atoms with E-state index in [1.807, 2.05) is 19.2 Å². The van der Waals surface area contributed by atoms with E-state index >= 15 is 0 Å². The van der Waals surface area contributed by atoms with Crippen LogP contribution in [0.1, 0.15) is 70.4 Å². The Hall–Kier alpha value is -2.78. The number of non-ortho nitro benzene ring substituents is 1. The topological polar surface area (TPSA) is 89.8 Å². The van der Waals surface area contributed by atoms with E-state index < -0.39 is 10.8 Å². The van der Waals surface area contributed by atoms with Gasteiger partial charge in [-0.25, -0.2) is 0 Å². The van der Waals surface area contributed by atoms with Crippen LogP contribution >= 0.6 is 31.9 Å². The van der Waals surface area contributed by atoms with Crippen LogP contribution < -0.4 is 4.74 Å². The van der Waals surface area contributed by atoms with Crippen LogP contribution in [0.5, 0.6) is 5.75 Å². The molecule has 5 rings (SSSR count). The summed E-state index contributed by atoms with van der Waals surface area (Å²) in [4.78, 5) is 40.5. The van der Waals surface area contributed by atoms with Crippen molar-refractivity contribution in [2.45, 2.75) is 65.9 Å². The molecule has 0 amide bonds. The largest absolute Gasteiger partial charge is 0.487 e. The molecular formula is C31H32Br2N2O5. The number of benzene rings is 2. The summed E-state index contributed by atoms with van der Waals surface area (Å²) in [5, 5.41) is 11.1. The molecule has 3 aliphatic rings. The van der Waals surface area contributed by atoms with E-state index in [0.717, 1.165) is 39.8 Å². The van der Waals surface area contributed by atoms with Gasteiger partial charge in [0.15, 0.2) is 11.6 Å². The summed E-state index contributed by atoms with van der Waals surface area (Å²) >= 11 is 7.29. The summed E-state index contributed by atoms with van der Waals surface area (Å²) in [7, 11) is 1.99. The van der Waals surface area contributed by atoms with Crippen LogP contribution in [-0.2, 0) is 16.2 Å². The van der Waals surface area contributed by atoms with Gasteiger partial charge in [-0.3, -0.25) is 19.7 Å². The number of allylic oxidation sites excluding steroid dienone is 4. The average Bonchev–Trinajstić information content (AvgIpc) is 2.83. The Morgan fingerprint density at radius 2 is 1.45 bits per heavy atom. The first-order valence-electron chi connectivity index (χ1n) is 13.3. The van der Waals surface area contributed by atoms with Crippen molar-refractivity contribution in [3.63, 3.8) is 0 Å². The number of carbonyl (C=O) groups excluding carboxylic acids is 2. The van der Waals surface area contributed by atoms with Crippen LogP contribution in [0.4, 0.5) is 5.69 Å². The minimum Gasteiger partial charge on any atom is -0.487 e. The number of ketones is 2. The van der Waals surface area contributed by atoms with Crippen molar-refractivity contribution >= 4 is 49.1 Å². The molecule has 1 aliphatic heterocycles. The molecule has 210 valence electrons. The first-order valence-corrected chi connectivity index (χ1v) is 14.9. The predicted molar refractivity (Wildman–Crippen MR) is 160 cm³/mol. The maximum Gasteiger partial charge on any atom is 0.269 e. The van der Waals surface area contributed by atoms with Crippen molar-refractivity contribution in [3.05, 3.63) is 89.1 Å². The number of halogens is 2.